The summed E-state index contributed by atoms with van der Waals surface area (Å²) in [5.74, 6) is -0.540. The van der Waals surface area contributed by atoms with Crippen molar-refractivity contribution in [2.45, 2.75) is 58.7 Å². The standard InChI is InChI=1S/C21H30BNO5/c1-6-26-19(25)16-10-8-12-23(14-16)18(24)15-9-7-11-17(13-15)22-27-20(2,3)21(4,5)28-22/h7,9,11,13,16H,6,8,10,12,14H2,1-5H3/t16-/m0/s1. The first-order valence-electron chi connectivity index (χ1n) is 10.1. The molecule has 0 radical (unpaired) electrons. The number of nitrogens with zero attached hydrogens (tertiary/aromatic N) is 1. The molecule has 1 amide bonds. The van der Waals surface area contributed by atoms with Crippen molar-refractivity contribution >= 4 is 24.5 Å². The first-order valence-corrected chi connectivity index (χ1v) is 10.1. The van der Waals surface area contributed by atoms with Crippen molar-refractivity contribution < 1.29 is 23.6 Å². The zero-order chi connectivity index (χ0) is 20.5. The van der Waals surface area contributed by atoms with E-state index in [2.05, 4.69) is 0 Å². The van der Waals surface area contributed by atoms with Crippen LogP contribution in [0.1, 0.15) is 57.8 Å². The van der Waals surface area contributed by atoms with Gasteiger partial charge in [-0.1, -0.05) is 12.1 Å². The van der Waals surface area contributed by atoms with Crippen LogP contribution in [0.15, 0.2) is 24.3 Å². The van der Waals surface area contributed by atoms with Crippen molar-refractivity contribution in [3.8, 4) is 0 Å². The van der Waals surface area contributed by atoms with E-state index in [0.717, 1.165) is 18.3 Å². The fraction of sp³-hybridized carbons (Fsp3) is 0.619. The van der Waals surface area contributed by atoms with Gasteiger partial charge in [0.25, 0.3) is 5.91 Å². The zero-order valence-electron chi connectivity index (χ0n) is 17.5. The predicted molar refractivity (Wildman–Crippen MR) is 107 cm³/mol. The summed E-state index contributed by atoms with van der Waals surface area (Å²) < 4.78 is 17.3. The third kappa shape index (κ3) is 4.10. The Morgan fingerprint density at radius 2 is 1.89 bits per heavy atom. The smallest absolute Gasteiger partial charge is 0.466 e. The molecule has 0 unspecified atom stereocenters. The summed E-state index contributed by atoms with van der Waals surface area (Å²) in [6, 6.07) is 7.39. The number of amides is 1. The molecule has 2 fully saturated rings. The molecule has 2 heterocycles. The van der Waals surface area contributed by atoms with Crippen molar-refractivity contribution in [2.75, 3.05) is 19.7 Å². The summed E-state index contributed by atoms with van der Waals surface area (Å²) >= 11 is 0. The molecule has 0 bridgehead atoms. The number of likely N-dealkylation sites (tertiary alicyclic amines) is 1. The van der Waals surface area contributed by atoms with E-state index in [1.54, 1.807) is 17.9 Å². The fourth-order valence-corrected chi connectivity index (χ4v) is 3.59. The molecule has 2 saturated heterocycles. The van der Waals surface area contributed by atoms with Crippen LogP contribution in [0.25, 0.3) is 0 Å². The molecular weight excluding hydrogens is 357 g/mol. The van der Waals surface area contributed by atoms with E-state index >= 15 is 0 Å². The molecule has 1 aromatic carbocycles. The van der Waals surface area contributed by atoms with Gasteiger partial charge in [-0.25, -0.2) is 0 Å². The molecule has 7 heteroatoms. The van der Waals surface area contributed by atoms with Crippen LogP contribution in [0.3, 0.4) is 0 Å². The van der Waals surface area contributed by atoms with E-state index in [0.29, 0.717) is 25.3 Å². The quantitative estimate of drug-likeness (QED) is 0.587. The van der Waals surface area contributed by atoms with Gasteiger partial charge in [-0.05, 0) is 65.1 Å². The van der Waals surface area contributed by atoms with Crippen molar-refractivity contribution in [1.29, 1.82) is 0 Å². The average Bonchev–Trinajstić information content (AvgIpc) is 2.89. The second-order valence-electron chi connectivity index (χ2n) is 8.56. The maximum atomic E-state index is 13.0. The van der Waals surface area contributed by atoms with Crippen molar-refractivity contribution in [3.05, 3.63) is 29.8 Å². The van der Waals surface area contributed by atoms with Gasteiger partial charge in [0.15, 0.2) is 0 Å². The predicted octanol–water partition coefficient (Wildman–Crippen LogP) is 2.40. The van der Waals surface area contributed by atoms with Crippen LogP contribution in [0.2, 0.25) is 0 Å². The number of piperidine rings is 1. The SMILES string of the molecule is CCOC(=O)[C@H]1CCCN(C(=O)c2cccc(B3OC(C)(C)C(C)(C)O3)c2)C1. The third-order valence-corrected chi connectivity index (χ3v) is 5.99. The lowest BCUT2D eigenvalue weighted by Crippen LogP contribution is -2.43. The molecule has 3 rings (SSSR count). The number of hydrogen-bond donors (Lipinski definition) is 0. The Morgan fingerprint density at radius 3 is 2.54 bits per heavy atom. The number of hydrogen-bond acceptors (Lipinski definition) is 5. The highest BCUT2D eigenvalue weighted by Crippen LogP contribution is 2.36. The van der Waals surface area contributed by atoms with Gasteiger partial charge in [0.2, 0.25) is 0 Å². The molecule has 1 aromatic rings. The highest BCUT2D eigenvalue weighted by molar-refractivity contribution is 6.62. The Morgan fingerprint density at radius 1 is 1.21 bits per heavy atom. The largest absolute Gasteiger partial charge is 0.494 e. The minimum Gasteiger partial charge on any atom is -0.466 e. The van der Waals surface area contributed by atoms with E-state index in [1.165, 1.54) is 0 Å². The lowest BCUT2D eigenvalue weighted by atomic mass is 9.78. The van der Waals surface area contributed by atoms with E-state index in [-0.39, 0.29) is 17.8 Å². The van der Waals surface area contributed by atoms with Crippen LogP contribution < -0.4 is 5.46 Å². The average molecular weight is 387 g/mol. The summed E-state index contributed by atoms with van der Waals surface area (Å²) in [6.07, 6.45) is 1.56. The normalized spacial score (nSPS) is 23.5. The van der Waals surface area contributed by atoms with E-state index in [4.69, 9.17) is 14.0 Å². The number of esters is 1. The van der Waals surface area contributed by atoms with Crippen molar-refractivity contribution in [2.24, 2.45) is 5.92 Å². The minimum atomic E-state index is -0.508. The van der Waals surface area contributed by atoms with Gasteiger partial charge >= 0.3 is 13.1 Å². The van der Waals surface area contributed by atoms with Crippen molar-refractivity contribution in [3.63, 3.8) is 0 Å². The third-order valence-electron chi connectivity index (χ3n) is 5.99. The van der Waals surface area contributed by atoms with Crippen LogP contribution in [0.5, 0.6) is 0 Å². The summed E-state index contributed by atoms with van der Waals surface area (Å²) in [6.45, 7) is 11.2. The van der Waals surface area contributed by atoms with E-state index < -0.39 is 18.3 Å². The van der Waals surface area contributed by atoms with Crippen LogP contribution in [-0.2, 0) is 18.8 Å². The molecule has 1 atom stereocenters. The summed E-state index contributed by atoms with van der Waals surface area (Å²) in [5.41, 5.74) is 0.537. The number of benzene rings is 1. The number of carbonyl (C=O) groups is 2. The van der Waals surface area contributed by atoms with Crippen molar-refractivity contribution in [1.82, 2.24) is 4.90 Å². The Bertz CT molecular complexity index is 732. The second-order valence-corrected chi connectivity index (χ2v) is 8.56. The highest BCUT2D eigenvalue weighted by Gasteiger charge is 2.51. The lowest BCUT2D eigenvalue weighted by molar-refractivity contribution is -0.149. The van der Waals surface area contributed by atoms with Gasteiger partial charge in [0.1, 0.15) is 0 Å². The van der Waals surface area contributed by atoms with Crippen LogP contribution >= 0.6 is 0 Å². The van der Waals surface area contributed by atoms with Gasteiger partial charge in [0.05, 0.1) is 23.7 Å². The summed E-state index contributed by atoms with van der Waals surface area (Å²) in [5, 5.41) is 0. The fourth-order valence-electron chi connectivity index (χ4n) is 3.59. The molecule has 28 heavy (non-hydrogen) atoms. The summed E-state index contributed by atoms with van der Waals surface area (Å²) in [4.78, 5) is 26.8. The number of ether oxygens (including phenoxy) is 1. The maximum Gasteiger partial charge on any atom is 0.494 e. The first-order chi connectivity index (χ1) is 13.1. The van der Waals surface area contributed by atoms with Gasteiger partial charge in [-0.2, -0.15) is 0 Å². The minimum absolute atomic E-state index is 0.0765. The molecule has 2 aliphatic heterocycles. The topological polar surface area (TPSA) is 65.1 Å². The van der Waals surface area contributed by atoms with Crippen LogP contribution in [0.4, 0.5) is 0 Å². The van der Waals surface area contributed by atoms with E-state index in [9.17, 15) is 9.59 Å². The van der Waals surface area contributed by atoms with Gasteiger partial charge < -0.3 is 18.9 Å². The molecule has 0 spiro atoms. The Hall–Kier alpha value is -1.86. The first kappa shape index (κ1) is 20.9. The highest BCUT2D eigenvalue weighted by atomic mass is 16.7. The number of rotatable bonds is 4. The molecule has 0 aliphatic carbocycles. The molecule has 152 valence electrons. The van der Waals surface area contributed by atoms with E-state index in [1.807, 2.05) is 45.9 Å². The maximum absolute atomic E-state index is 13.0. The molecule has 0 aromatic heterocycles. The summed E-state index contributed by atoms with van der Waals surface area (Å²) in [7, 11) is -0.508. The second kappa shape index (κ2) is 7.87. The van der Waals surface area contributed by atoms with Crippen LogP contribution in [0, 0.1) is 5.92 Å². The van der Waals surface area contributed by atoms with Gasteiger partial charge in [0, 0.05) is 18.7 Å². The number of carbonyl (C=O) groups excluding carboxylic acids is 2. The molecule has 0 N–H and O–H groups in total. The van der Waals surface area contributed by atoms with Gasteiger partial charge in [-0.3, -0.25) is 9.59 Å². The Labute approximate surface area is 167 Å². The lowest BCUT2D eigenvalue weighted by Gasteiger charge is -2.32. The molecule has 2 aliphatic rings. The molecule has 6 nitrogen and oxygen atoms in total. The molecule has 0 saturated carbocycles. The Balaban J connectivity index is 1.73. The zero-order valence-corrected chi connectivity index (χ0v) is 17.5. The Kier molecular flexibility index (Phi) is 5.87. The van der Waals surface area contributed by atoms with Crippen LogP contribution in [-0.4, -0.2) is 54.8 Å². The molecular formula is C21H30BNO5. The monoisotopic (exact) mass is 387 g/mol. The van der Waals surface area contributed by atoms with Gasteiger partial charge in [-0.15, -0.1) is 0 Å².